The highest BCUT2D eigenvalue weighted by Gasteiger charge is 2.26. The summed E-state index contributed by atoms with van der Waals surface area (Å²) in [5.74, 6) is 0.694. The zero-order chi connectivity index (χ0) is 15.3. The second-order valence-corrected chi connectivity index (χ2v) is 5.38. The maximum atomic E-state index is 10.9. The Kier molecular flexibility index (Phi) is 4.97. The minimum absolute atomic E-state index is 0.651. The number of pyridine rings is 1. The van der Waals surface area contributed by atoms with Gasteiger partial charge in [0.05, 0.1) is 12.8 Å². The number of hydrogen-bond acceptors (Lipinski definition) is 3. The molecule has 1 aromatic carbocycles. The molecule has 0 amide bonds. The molecule has 1 aromatic heterocycles. The van der Waals surface area contributed by atoms with Gasteiger partial charge >= 0.3 is 0 Å². The predicted molar refractivity (Wildman–Crippen MR) is 84.5 cm³/mol. The first-order valence-corrected chi connectivity index (χ1v) is 7.48. The number of nitrogens with zero attached hydrogens (tertiary/aromatic N) is 1. The van der Waals surface area contributed by atoms with Gasteiger partial charge in [0.2, 0.25) is 0 Å². The third kappa shape index (κ3) is 3.61. The summed E-state index contributed by atoms with van der Waals surface area (Å²) >= 11 is 0. The minimum atomic E-state index is -1.08. The van der Waals surface area contributed by atoms with Gasteiger partial charge in [-0.05, 0) is 37.0 Å². The number of hydrogen-bond donors (Lipinski definition) is 1. The highest BCUT2D eigenvalue weighted by molar-refractivity contribution is 5.38. The van der Waals surface area contributed by atoms with Crippen molar-refractivity contribution in [2.75, 3.05) is 6.61 Å². The van der Waals surface area contributed by atoms with Gasteiger partial charge in [-0.25, -0.2) is 0 Å². The lowest BCUT2D eigenvalue weighted by molar-refractivity contribution is 0.101. The Hall–Kier alpha value is -1.87. The summed E-state index contributed by atoms with van der Waals surface area (Å²) in [7, 11) is 0. The van der Waals surface area contributed by atoms with Crippen LogP contribution in [0.5, 0.6) is 5.75 Å². The van der Waals surface area contributed by atoms with Crippen molar-refractivity contribution in [2.45, 2.75) is 39.2 Å². The lowest BCUT2D eigenvalue weighted by Crippen LogP contribution is -2.23. The van der Waals surface area contributed by atoms with E-state index in [2.05, 4.69) is 31.0 Å². The number of aromatic nitrogens is 1. The zero-order valence-electron chi connectivity index (χ0n) is 13.0. The number of rotatable bonds is 6. The van der Waals surface area contributed by atoms with E-state index >= 15 is 0 Å². The van der Waals surface area contributed by atoms with Crippen LogP contribution in [-0.4, -0.2) is 16.7 Å². The van der Waals surface area contributed by atoms with Crippen LogP contribution in [0.2, 0.25) is 0 Å². The summed E-state index contributed by atoms with van der Waals surface area (Å²) in [6, 6.07) is 9.90. The van der Waals surface area contributed by atoms with E-state index in [-0.39, 0.29) is 0 Å². The molecule has 21 heavy (non-hydrogen) atoms. The predicted octanol–water partition coefficient (Wildman–Crippen LogP) is 3.69. The third-order valence-corrected chi connectivity index (χ3v) is 3.67. The molecule has 3 nitrogen and oxygen atoms in total. The molecule has 2 rings (SSSR count). The van der Waals surface area contributed by atoms with E-state index in [1.165, 1.54) is 5.56 Å². The number of aliphatic hydroxyl groups is 1. The Morgan fingerprint density at radius 3 is 2.43 bits per heavy atom. The average molecular weight is 285 g/mol. The Morgan fingerprint density at radius 1 is 1.10 bits per heavy atom. The summed E-state index contributed by atoms with van der Waals surface area (Å²) in [5, 5.41) is 10.9. The second-order valence-electron chi connectivity index (χ2n) is 5.38. The van der Waals surface area contributed by atoms with Crippen LogP contribution in [0, 0.1) is 0 Å². The molecule has 0 saturated heterocycles. The smallest absolute Gasteiger partial charge is 0.137 e. The first kappa shape index (κ1) is 15.5. The summed E-state index contributed by atoms with van der Waals surface area (Å²) in [6.07, 6.45) is 5.30. The van der Waals surface area contributed by atoms with Crippen molar-refractivity contribution in [1.82, 2.24) is 4.98 Å². The lowest BCUT2D eigenvalue weighted by atomic mass is 9.88. The molecule has 0 fully saturated rings. The Labute approximate surface area is 126 Å². The fraction of sp³-hybridized carbons (Fsp3) is 0.389. The van der Waals surface area contributed by atoms with Crippen molar-refractivity contribution >= 4 is 0 Å². The van der Waals surface area contributed by atoms with Gasteiger partial charge in [-0.2, -0.15) is 0 Å². The molecule has 1 unspecified atom stereocenters. The zero-order valence-corrected chi connectivity index (χ0v) is 13.0. The van der Waals surface area contributed by atoms with E-state index in [0.717, 1.165) is 24.0 Å². The molecule has 0 aliphatic rings. The van der Waals surface area contributed by atoms with Gasteiger partial charge in [-0.15, -0.1) is 0 Å². The van der Waals surface area contributed by atoms with Crippen LogP contribution in [-0.2, 0) is 12.0 Å². The summed E-state index contributed by atoms with van der Waals surface area (Å²) < 4.78 is 5.59. The third-order valence-electron chi connectivity index (χ3n) is 3.67. The fourth-order valence-electron chi connectivity index (χ4n) is 2.22. The van der Waals surface area contributed by atoms with Gasteiger partial charge in [0.25, 0.3) is 0 Å². The van der Waals surface area contributed by atoms with Gasteiger partial charge in [-0.3, -0.25) is 4.98 Å². The normalized spacial score (nSPS) is 13.7. The molecule has 0 spiro atoms. The second kappa shape index (κ2) is 6.72. The summed E-state index contributed by atoms with van der Waals surface area (Å²) in [6.45, 7) is 6.61. The van der Waals surface area contributed by atoms with Crippen molar-refractivity contribution in [3.8, 4) is 5.75 Å². The minimum Gasteiger partial charge on any atom is -0.492 e. The van der Waals surface area contributed by atoms with Crippen LogP contribution in [0.25, 0.3) is 0 Å². The van der Waals surface area contributed by atoms with Gasteiger partial charge in [0, 0.05) is 11.8 Å². The Balaban J connectivity index is 2.28. The standard InChI is InChI=1S/C18H23NO2/c1-4-10-21-17-11-16(12-19-13-17)18(3,20)15-8-6-14(5-2)7-9-15/h6-9,11-13,20H,4-5,10H2,1-3H3. The van der Waals surface area contributed by atoms with Crippen LogP contribution in [0.3, 0.4) is 0 Å². The van der Waals surface area contributed by atoms with E-state index in [1.54, 1.807) is 19.3 Å². The first-order chi connectivity index (χ1) is 10.1. The average Bonchev–Trinajstić information content (AvgIpc) is 2.53. The monoisotopic (exact) mass is 285 g/mol. The summed E-state index contributed by atoms with van der Waals surface area (Å²) in [5.41, 5.74) is 1.77. The molecule has 112 valence electrons. The maximum Gasteiger partial charge on any atom is 0.137 e. The van der Waals surface area contributed by atoms with Crippen LogP contribution in [0.1, 0.15) is 43.9 Å². The maximum absolute atomic E-state index is 10.9. The van der Waals surface area contributed by atoms with E-state index in [0.29, 0.717) is 12.4 Å². The Bertz CT molecular complexity index is 576. The molecule has 0 aliphatic carbocycles. The quantitative estimate of drug-likeness (QED) is 0.880. The highest BCUT2D eigenvalue weighted by atomic mass is 16.5. The van der Waals surface area contributed by atoms with Crippen molar-refractivity contribution in [3.63, 3.8) is 0 Å². The fourth-order valence-corrected chi connectivity index (χ4v) is 2.22. The van der Waals surface area contributed by atoms with Crippen LogP contribution >= 0.6 is 0 Å². The molecule has 1 atom stereocenters. The lowest BCUT2D eigenvalue weighted by Gasteiger charge is -2.24. The number of ether oxygens (including phenoxy) is 1. The van der Waals surface area contributed by atoms with Crippen molar-refractivity contribution in [2.24, 2.45) is 0 Å². The van der Waals surface area contributed by atoms with Gasteiger partial charge in [-0.1, -0.05) is 38.1 Å². The molecule has 0 radical (unpaired) electrons. The van der Waals surface area contributed by atoms with Gasteiger partial charge in [0.1, 0.15) is 11.4 Å². The van der Waals surface area contributed by atoms with Crippen molar-refractivity contribution in [1.29, 1.82) is 0 Å². The van der Waals surface area contributed by atoms with E-state index in [1.807, 2.05) is 18.2 Å². The first-order valence-electron chi connectivity index (χ1n) is 7.48. The topological polar surface area (TPSA) is 42.4 Å². The Morgan fingerprint density at radius 2 is 1.81 bits per heavy atom. The molecular weight excluding hydrogens is 262 g/mol. The van der Waals surface area contributed by atoms with Crippen LogP contribution in [0.15, 0.2) is 42.7 Å². The van der Waals surface area contributed by atoms with E-state index in [4.69, 9.17) is 4.74 Å². The molecule has 0 aliphatic heterocycles. The highest BCUT2D eigenvalue weighted by Crippen LogP contribution is 2.30. The van der Waals surface area contributed by atoms with Gasteiger partial charge in [0.15, 0.2) is 0 Å². The molecule has 1 N–H and O–H groups in total. The van der Waals surface area contributed by atoms with Crippen LogP contribution < -0.4 is 4.74 Å². The molecule has 0 bridgehead atoms. The van der Waals surface area contributed by atoms with Crippen LogP contribution in [0.4, 0.5) is 0 Å². The molecule has 2 aromatic rings. The van der Waals surface area contributed by atoms with Crippen molar-refractivity contribution < 1.29 is 9.84 Å². The van der Waals surface area contributed by atoms with E-state index in [9.17, 15) is 5.11 Å². The summed E-state index contributed by atoms with van der Waals surface area (Å²) in [4.78, 5) is 4.18. The van der Waals surface area contributed by atoms with Crippen molar-refractivity contribution in [3.05, 3.63) is 59.4 Å². The molecule has 1 heterocycles. The largest absolute Gasteiger partial charge is 0.492 e. The number of benzene rings is 1. The number of aryl methyl sites for hydroxylation is 1. The van der Waals surface area contributed by atoms with E-state index < -0.39 is 5.60 Å². The molecule has 0 saturated carbocycles. The SMILES string of the molecule is CCCOc1cncc(C(C)(O)c2ccc(CC)cc2)c1. The van der Waals surface area contributed by atoms with Gasteiger partial charge < -0.3 is 9.84 Å². The molecular formula is C18H23NO2. The molecule has 3 heteroatoms.